The average molecular weight is 248 g/mol. The number of benzene rings is 1. The molecule has 0 unspecified atom stereocenters. The summed E-state index contributed by atoms with van der Waals surface area (Å²) in [7, 11) is 0. The maximum atomic E-state index is 11.6. The minimum atomic E-state index is -0.590. The van der Waals surface area contributed by atoms with Gasteiger partial charge in [-0.3, -0.25) is 25.0 Å². The smallest absolute Gasteiger partial charge is 0.269 e. The van der Waals surface area contributed by atoms with Gasteiger partial charge in [-0.25, -0.2) is 0 Å². The highest BCUT2D eigenvalue weighted by atomic mass is 16.6. The molecule has 0 spiro atoms. The van der Waals surface area contributed by atoms with Gasteiger partial charge in [0.05, 0.1) is 4.92 Å². The van der Waals surface area contributed by atoms with Gasteiger partial charge < -0.3 is 0 Å². The Morgan fingerprint density at radius 1 is 1.22 bits per heavy atom. The van der Waals surface area contributed by atoms with Crippen LogP contribution in [-0.4, -0.2) is 16.7 Å². The molecule has 1 N–H and O–H groups in total. The topological polar surface area (TPSA) is 89.3 Å². The van der Waals surface area contributed by atoms with E-state index >= 15 is 0 Å². The van der Waals surface area contributed by atoms with Crippen LogP contribution in [0.2, 0.25) is 0 Å². The Kier molecular flexibility index (Phi) is 4.31. The lowest BCUT2D eigenvalue weighted by Gasteiger charge is -2.01. The van der Waals surface area contributed by atoms with E-state index in [2.05, 4.69) is 5.32 Å². The first-order valence-electron chi connectivity index (χ1n) is 5.15. The van der Waals surface area contributed by atoms with Crippen LogP contribution in [0.25, 0.3) is 0 Å². The molecule has 0 saturated carbocycles. The molecule has 0 atom stereocenters. The first-order valence-corrected chi connectivity index (χ1v) is 5.15. The fraction of sp³-hybridized carbons (Fsp3) is 0.167. The summed E-state index contributed by atoms with van der Waals surface area (Å²) in [5, 5.41) is 12.6. The summed E-state index contributed by atoms with van der Waals surface area (Å²) in [4.78, 5) is 32.7. The fourth-order valence-corrected chi connectivity index (χ4v) is 1.22. The molecule has 0 bridgehead atoms. The van der Waals surface area contributed by atoms with Gasteiger partial charge in [-0.2, -0.15) is 0 Å². The number of nitrogens with zero attached hydrogens (tertiary/aromatic N) is 1. The van der Waals surface area contributed by atoms with E-state index in [1.807, 2.05) is 0 Å². The third-order valence-corrected chi connectivity index (χ3v) is 2.00. The van der Waals surface area contributed by atoms with Crippen molar-refractivity contribution in [1.29, 1.82) is 0 Å². The van der Waals surface area contributed by atoms with Crippen LogP contribution in [0.5, 0.6) is 0 Å². The predicted molar refractivity (Wildman–Crippen MR) is 65.0 cm³/mol. The van der Waals surface area contributed by atoms with Crippen molar-refractivity contribution in [1.82, 2.24) is 5.32 Å². The minimum absolute atomic E-state index is 0.109. The molecule has 0 radical (unpaired) electrons. The number of nitro groups is 1. The van der Waals surface area contributed by atoms with Crippen LogP contribution >= 0.6 is 0 Å². The first kappa shape index (κ1) is 13.6. The second kappa shape index (κ2) is 5.72. The zero-order valence-corrected chi connectivity index (χ0v) is 9.97. The van der Waals surface area contributed by atoms with Crippen LogP contribution in [0, 0.1) is 10.1 Å². The van der Waals surface area contributed by atoms with Crippen LogP contribution in [0.3, 0.4) is 0 Å². The van der Waals surface area contributed by atoms with Crippen molar-refractivity contribution in [3.63, 3.8) is 0 Å². The van der Waals surface area contributed by atoms with Gasteiger partial charge in [0.25, 0.3) is 17.5 Å². The number of non-ortho nitro benzene ring substituents is 1. The second-order valence-electron chi connectivity index (χ2n) is 3.84. The van der Waals surface area contributed by atoms with E-state index in [1.165, 1.54) is 30.3 Å². The predicted octanol–water partition coefficient (Wildman–Crippen LogP) is 1.82. The number of carbonyl (C=O) groups excluding carboxylic acids is 2. The van der Waals surface area contributed by atoms with Gasteiger partial charge in [-0.1, -0.05) is 5.57 Å². The molecule has 18 heavy (non-hydrogen) atoms. The van der Waals surface area contributed by atoms with E-state index in [9.17, 15) is 19.7 Å². The lowest BCUT2D eigenvalue weighted by atomic mass is 10.2. The molecule has 1 aromatic carbocycles. The summed E-state index contributed by atoms with van der Waals surface area (Å²) in [5.74, 6) is -1.11. The molecular formula is C12H12N2O4. The zero-order valence-electron chi connectivity index (χ0n) is 9.97. The molecule has 0 aliphatic carbocycles. The Bertz CT molecular complexity index is 513. The second-order valence-corrected chi connectivity index (χ2v) is 3.84. The van der Waals surface area contributed by atoms with E-state index < -0.39 is 16.7 Å². The summed E-state index contributed by atoms with van der Waals surface area (Å²) in [6.07, 6.45) is 1.29. The van der Waals surface area contributed by atoms with Gasteiger partial charge in [0.2, 0.25) is 0 Å². The highest BCUT2D eigenvalue weighted by molar-refractivity contribution is 6.08. The molecule has 0 fully saturated rings. The molecule has 0 aromatic heterocycles. The normalized spacial score (nSPS) is 9.44. The van der Waals surface area contributed by atoms with Crippen LogP contribution < -0.4 is 5.32 Å². The van der Waals surface area contributed by atoms with Gasteiger partial charge in [-0.15, -0.1) is 0 Å². The van der Waals surface area contributed by atoms with Gasteiger partial charge >= 0.3 is 0 Å². The third kappa shape index (κ3) is 3.82. The Hall–Kier alpha value is -2.50. The quantitative estimate of drug-likeness (QED) is 0.502. The van der Waals surface area contributed by atoms with Crippen LogP contribution in [-0.2, 0) is 4.79 Å². The summed E-state index contributed by atoms with van der Waals surface area (Å²) >= 11 is 0. The van der Waals surface area contributed by atoms with Crippen molar-refractivity contribution < 1.29 is 14.5 Å². The maximum absolute atomic E-state index is 11.6. The van der Waals surface area contributed by atoms with E-state index in [-0.39, 0.29) is 11.3 Å². The van der Waals surface area contributed by atoms with Crippen molar-refractivity contribution in [3.8, 4) is 0 Å². The van der Waals surface area contributed by atoms with Crippen molar-refractivity contribution in [2.24, 2.45) is 0 Å². The number of hydrogen-bond donors (Lipinski definition) is 1. The molecule has 6 nitrogen and oxygen atoms in total. The van der Waals surface area contributed by atoms with Crippen molar-refractivity contribution in [2.45, 2.75) is 13.8 Å². The Labute approximate surface area is 103 Å². The summed E-state index contributed by atoms with van der Waals surface area (Å²) in [6.45, 7) is 3.46. The number of nitrogens with one attached hydrogen (secondary N) is 1. The van der Waals surface area contributed by atoms with E-state index in [0.29, 0.717) is 0 Å². The third-order valence-electron chi connectivity index (χ3n) is 2.00. The van der Waals surface area contributed by atoms with Gasteiger partial charge in [0, 0.05) is 23.8 Å². The van der Waals surface area contributed by atoms with Crippen LogP contribution in [0.15, 0.2) is 35.9 Å². The molecule has 0 aliphatic rings. The lowest BCUT2D eigenvalue weighted by molar-refractivity contribution is -0.384. The van der Waals surface area contributed by atoms with E-state index in [0.717, 1.165) is 5.57 Å². The Morgan fingerprint density at radius 2 is 1.78 bits per heavy atom. The fourth-order valence-electron chi connectivity index (χ4n) is 1.22. The number of rotatable bonds is 3. The number of carbonyl (C=O) groups is 2. The van der Waals surface area contributed by atoms with Gasteiger partial charge in [0.15, 0.2) is 0 Å². The maximum Gasteiger partial charge on any atom is 0.269 e. The summed E-state index contributed by atoms with van der Waals surface area (Å²) in [6, 6.07) is 5.01. The first-order chi connectivity index (χ1) is 8.40. The molecule has 94 valence electrons. The molecule has 0 aliphatic heterocycles. The highest BCUT2D eigenvalue weighted by Crippen LogP contribution is 2.11. The van der Waals surface area contributed by atoms with Crippen LogP contribution in [0.4, 0.5) is 5.69 Å². The van der Waals surface area contributed by atoms with Gasteiger partial charge in [0.1, 0.15) is 0 Å². The largest absolute Gasteiger partial charge is 0.289 e. The number of nitro benzene ring substituents is 1. The molecule has 6 heteroatoms. The summed E-state index contributed by atoms with van der Waals surface area (Å²) in [5.41, 5.74) is 0.849. The highest BCUT2D eigenvalue weighted by Gasteiger charge is 2.10. The van der Waals surface area contributed by atoms with Gasteiger partial charge in [-0.05, 0) is 26.0 Å². The van der Waals surface area contributed by atoms with Crippen molar-refractivity contribution in [2.75, 3.05) is 0 Å². The average Bonchev–Trinajstić information content (AvgIpc) is 2.27. The summed E-state index contributed by atoms with van der Waals surface area (Å²) < 4.78 is 0. The van der Waals surface area contributed by atoms with Crippen LogP contribution in [0.1, 0.15) is 24.2 Å². The minimum Gasteiger partial charge on any atom is -0.289 e. The van der Waals surface area contributed by atoms with E-state index in [4.69, 9.17) is 0 Å². The lowest BCUT2D eigenvalue weighted by Crippen LogP contribution is -2.28. The number of hydrogen-bond acceptors (Lipinski definition) is 4. The standard InChI is InChI=1S/C12H12N2O4/c1-8(2)7-11(15)13-12(16)9-3-5-10(6-4-9)14(17)18/h3-7H,1-2H3,(H,13,15,16). The number of allylic oxidation sites excluding steroid dienone is 1. The Morgan fingerprint density at radius 3 is 2.22 bits per heavy atom. The zero-order chi connectivity index (χ0) is 13.7. The monoisotopic (exact) mass is 248 g/mol. The SMILES string of the molecule is CC(C)=CC(=O)NC(=O)c1ccc([N+](=O)[O-])cc1. The number of amides is 2. The molecule has 2 amide bonds. The molecule has 1 aromatic rings. The molecular weight excluding hydrogens is 236 g/mol. The molecule has 0 saturated heterocycles. The number of imide groups is 1. The molecule has 1 rings (SSSR count). The van der Waals surface area contributed by atoms with E-state index in [1.54, 1.807) is 13.8 Å². The van der Waals surface area contributed by atoms with Crippen molar-refractivity contribution >= 4 is 17.5 Å². The van der Waals surface area contributed by atoms with Crippen molar-refractivity contribution in [3.05, 3.63) is 51.6 Å². The molecule has 0 heterocycles. The Balaban J connectivity index is 2.76.